The molecule has 0 aliphatic carbocycles. The van der Waals surface area contributed by atoms with Crippen LogP contribution >= 0.6 is 15.9 Å². The molecule has 0 N–H and O–H groups in total. The third-order valence-corrected chi connectivity index (χ3v) is 1.74. The first-order valence-electron chi connectivity index (χ1n) is 3.44. The number of carbonyl (C=O) groups is 2. The van der Waals surface area contributed by atoms with E-state index in [0.717, 1.165) is 6.29 Å². The molecule has 0 aromatic heterocycles. The molecule has 11 heavy (non-hydrogen) atoms. The second kappa shape index (κ2) is 6.34. The van der Waals surface area contributed by atoms with Crippen molar-refractivity contribution in [2.45, 2.75) is 24.6 Å². The normalized spacial score (nSPS) is 12.2. The van der Waals surface area contributed by atoms with Crippen LogP contribution in [0.15, 0.2) is 0 Å². The van der Waals surface area contributed by atoms with Crippen molar-refractivity contribution in [3.05, 3.63) is 0 Å². The number of aldehydes is 1. The highest BCUT2D eigenvalue weighted by Gasteiger charge is 2.09. The number of rotatable bonds is 5. The maximum absolute atomic E-state index is 10.8. The lowest BCUT2D eigenvalue weighted by Crippen LogP contribution is -2.11. The minimum absolute atomic E-state index is 0.0842. The topological polar surface area (TPSA) is 43.4 Å². The van der Waals surface area contributed by atoms with Crippen molar-refractivity contribution in [2.75, 3.05) is 6.61 Å². The molecule has 0 fully saturated rings. The second-order valence-electron chi connectivity index (χ2n) is 2.01. The van der Waals surface area contributed by atoms with E-state index in [2.05, 4.69) is 20.7 Å². The average Bonchev–Trinajstić information content (AvgIpc) is 1.87. The summed E-state index contributed by atoms with van der Waals surface area (Å²) < 4.78 is 4.67. The standard InChI is InChI=1S/C7H11BrO3/c1-2-11-7(10)5-6(8)3-4-9/h4,6H,2-3,5H2,1H3. The average molecular weight is 223 g/mol. The van der Waals surface area contributed by atoms with Gasteiger partial charge in [-0.3, -0.25) is 4.79 Å². The number of hydrogen-bond donors (Lipinski definition) is 0. The fourth-order valence-electron chi connectivity index (χ4n) is 0.589. The van der Waals surface area contributed by atoms with E-state index >= 15 is 0 Å². The molecule has 1 unspecified atom stereocenters. The highest BCUT2D eigenvalue weighted by atomic mass is 79.9. The Morgan fingerprint density at radius 2 is 2.36 bits per heavy atom. The van der Waals surface area contributed by atoms with E-state index in [1.54, 1.807) is 6.92 Å². The number of halogens is 1. The first kappa shape index (κ1) is 10.6. The Balaban J connectivity index is 3.48. The van der Waals surface area contributed by atoms with E-state index in [9.17, 15) is 9.59 Å². The number of hydrogen-bond acceptors (Lipinski definition) is 3. The van der Waals surface area contributed by atoms with Gasteiger partial charge in [0.2, 0.25) is 0 Å². The van der Waals surface area contributed by atoms with Crippen molar-refractivity contribution in [3.63, 3.8) is 0 Å². The summed E-state index contributed by atoms with van der Waals surface area (Å²) in [5.41, 5.74) is 0. The van der Waals surface area contributed by atoms with E-state index in [1.807, 2.05) is 0 Å². The number of ether oxygens (including phenoxy) is 1. The molecule has 0 rings (SSSR count). The third kappa shape index (κ3) is 6.04. The van der Waals surface area contributed by atoms with Crippen LogP contribution in [0.5, 0.6) is 0 Å². The summed E-state index contributed by atoms with van der Waals surface area (Å²) >= 11 is 3.18. The summed E-state index contributed by atoms with van der Waals surface area (Å²) in [6.45, 7) is 2.14. The fourth-order valence-corrected chi connectivity index (χ4v) is 1.01. The summed E-state index contributed by atoms with van der Waals surface area (Å²) in [6.07, 6.45) is 1.38. The van der Waals surface area contributed by atoms with Crippen LogP contribution in [0, 0.1) is 0 Å². The molecule has 0 saturated heterocycles. The van der Waals surface area contributed by atoms with Gasteiger partial charge in [-0.2, -0.15) is 0 Å². The Hall–Kier alpha value is -0.380. The minimum atomic E-state index is -0.267. The lowest BCUT2D eigenvalue weighted by Gasteiger charge is -2.04. The molecular weight excluding hydrogens is 212 g/mol. The number of alkyl halides is 1. The molecular formula is C7H11BrO3. The van der Waals surface area contributed by atoms with Crippen molar-refractivity contribution >= 4 is 28.2 Å². The molecule has 0 saturated carbocycles. The third-order valence-electron chi connectivity index (χ3n) is 1.05. The molecule has 4 heteroatoms. The number of carbonyl (C=O) groups excluding carboxylic acids is 2. The van der Waals surface area contributed by atoms with Crippen LogP contribution in [0.3, 0.4) is 0 Å². The molecule has 0 heterocycles. The SMILES string of the molecule is CCOC(=O)CC(Br)CC=O. The minimum Gasteiger partial charge on any atom is -0.466 e. The summed E-state index contributed by atoms with van der Waals surface area (Å²) in [7, 11) is 0. The molecule has 0 bridgehead atoms. The van der Waals surface area contributed by atoms with Crippen LogP contribution < -0.4 is 0 Å². The summed E-state index contributed by atoms with van der Waals surface area (Å²) in [5, 5.41) is 0. The van der Waals surface area contributed by atoms with Gasteiger partial charge in [-0.15, -0.1) is 0 Å². The maximum Gasteiger partial charge on any atom is 0.306 e. The first-order chi connectivity index (χ1) is 5.20. The van der Waals surface area contributed by atoms with Gasteiger partial charge in [0.25, 0.3) is 0 Å². The molecule has 0 aromatic rings. The largest absolute Gasteiger partial charge is 0.466 e. The van der Waals surface area contributed by atoms with Gasteiger partial charge in [0.1, 0.15) is 6.29 Å². The molecule has 0 aliphatic rings. The van der Waals surface area contributed by atoms with Crippen molar-refractivity contribution < 1.29 is 14.3 Å². The van der Waals surface area contributed by atoms with Crippen molar-refractivity contribution in [2.24, 2.45) is 0 Å². The van der Waals surface area contributed by atoms with Crippen molar-refractivity contribution in [1.29, 1.82) is 0 Å². The predicted molar refractivity (Wildman–Crippen MR) is 44.6 cm³/mol. The lowest BCUT2D eigenvalue weighted by molar-refractivity contribution is -0.143. The van der Waals surface area contributed by atoms with E-state index < -0.39 is 0 Å². The van der Waals surface area contributed by atoms with E-state index in [1.165, 1.54) is 0 Å². The summed E-state index contributed by atoms with van der Waals surface area (Å²) in [6, 6.07) is 0. The maximum atomic E-state index is 10.8. The smallest absolute Gasteiger partial charge is 0.306 e. The number of esters is 1. The second-order valence-corrected chi connectivity index (χ2v) is 3.30. The monoisotopic (exact) mass is 222 g/mol. The Labute approximate surface area is 74.2 Å². The van der Waals surface area contributed by atoms with Crippen LogP contribution in [-0.2, 0) is 14.3 Å². The Morgan fingerprint density at radius 1 is 1.73 bits per heavy atom. The Morgan fingerprint density at radius 3 is 2.82 bits per heavy atom. The Bertz CT molecular complexity index is 136. The van der Waals surface area contributed by atoms with Crippen molar-refractivity contribution in [1.82, 2.24) is 0 Å². The highest BCUT2D eigenvalue weighted by Crippen LogP contribution is 2.08. The molecule has 64 valence electrons. The predicted octanol–water partition coefficient (Wildman–Crippen LogP) is 1.29. The van der Waals surface area contributed by atoms with Gasteiger partial charge in [0.15, 0.2) is 0 Å². The quantitative estimate of drug-likeness (QED) is 0.400. The molecule has 0 radical (unpaired) electrons. The zero-order valence-electron chi connectivity index (χ0n) is 6.38. The fraction of sp³-hybridized carbons (Fsp3) is 0.714. The lowest BCUT2D eigenvalue weighted by atomic mass is 10.2. The van der Waals surface area contributed by atoms with Crippen LogP contribution in [-0.4, -0.2) is 23.7 Å². The van der Waals surface area contributed by atoms with E-state index in [-0.39, 0.29) is 17.2 Å². The summed E-state index contributed by atoms with van der Waals surface area (Å²) in [4.78, 5) is 20.6. The molecule has 0 spiro atoms. The van der Waals surface area contributed by atoms with Gasteiger partial charge >= 0.3 is 5.97 Å². The van der Waals surface area contributed by atoms with Crippen molar-refractivity contribution in [3.8, 4) is 0 Å². The highest BCUT2D eigenvalue weighted by molar-refractivity contribution is 9.09. The molecule has 3 nitrogen and oxygen atoms in total. The van der Waals surface area contributed by atoms with Crippen LogP contribution in [0.4, 0.5) is 0 Å². The van der Waals surface area contributed by atoms with Gasteiger partial charge in [0, 0.05) is 11.2 Å². The first-order valence-corrected chi connectivity index (χ1v) is 4.35. The van der Waals surface area contributed by atoms with E-state index in [4.69, 9.17) is 0 Å². The van der Waals surface area contributed by atoms with E-state index in [0.29, 0.717) is 13.0 Å². The van der Waals surface area contributed by atoms with Gasteiger partial charge < -0.3 is 9.53 Å². The van der Waals surface area contributed by atoms with Crippen LogP contribution in [0.1, 0.15) is 19.8 Å². The molecule has 0 aromatic carbocycles. The Kier molecular flexibility index (Phi) is 6.12. The zero-order valence-corrected chi connectivity index (χ0v) is 7.96. The van der Waals surface area contributed by atoms with Crippen LogP contribution in [0.2, 0.25) is 0 Å². The van der Waals surface area contributed by atoms with Gasteiger partial charge in [-0.1, -0.05) is 15.9 Å². The van der Waals surface area contributed by atoms with Gasteiger partial charge in [-0.05, 0) is 6.92 Å². The van der Waals surface area contributed by atoms with Gasteiger partial charge in [0.05, 0.1) is 13.0 Å². The van der Waals surface area contributed by atoms with Gasteiger partial charge in [-0.25, -0.2) is 0 Å². The molecule has 0 amide bonds. The summed E-state index contributed by atoms with van der Waals surface area (Å²) in [5.74, 6) is -0.267. The zero-order chi connectivity index (χ0) is 8.69. The molecule has 0 aliphatic heterocycles. The molecule has 1 atom stereocenters. The van der Waals surface area contributed by atoms with Crippen LogP contribution in [0.25, 0.3) is 0 Å².